The van der Waals surface area contributed by atoms with Crippen LogP contribution in [0.5, 0.6) is 0 Å². The number of sulfonamides is 1. The van der Waals surface area contributed by atoms with Crippen molar-refractivity contribution in [1.82, 2.24) is 5.32 Å². The van der Waals surface area contributed by atoms with E-state index in [0.29, 0.717) is 13.2 Å². The molecule has 1 aliphatic rings. The van der Waals surface area contributed by atoms with E-state index in [1.165, 1.54) is 12.1 Å². The zero-order valence-electron chi connectivity index (χ0n) is 12.3. The Labute approximate surface area is 129 Å². The Bertz CT molecular complexity index is 612. The second-order valence-electron chi connectivity index (χ2n) is 5.19. The quantitative estimate of drug-likeness (QED) is 0.840. The SMILES string of the molecule is CS(=O)(=O)N(CC(=O)NCC1CCCO1)c1ccc(F)cc1. The molecule has 1 aromatic rings. The number of amides is 1. The monoisotopic (exact) mass is 330 g/mol. The van der Waals surface area contributed by atoms with E-state index in [-0.39, 0.29) is 18.3 Å². The first kappa shape index (κ1) is 16.7. The maximum Gasteiger partial charge on any atom is 0.240 e. The average molecular weight is 330 g/mol. The highest BCUT2D eigenvalue weighted by atomic mass is 32.2. The molecule has 1 aliphatic heterocycles. The van der Waals surface area contributed by atoms with Crippen molar-refractivity contribution >= 4 is 21.6 Å². The van der Waals surface area contributed by atoms with Gasteiger partial charge in [0.25, 0.3) is 0 Å². The number of benzene rings is 1. The summed E-state index contributed by atoms with van der Waals surface area (Å²) in [5.41, 5.74) is 0.246. The third-order valence-electron chi connectivity index (χ3n) is 3.35. The highest BCUT2D eigenvalue weighted by Crippen LogP contribution is 2.17. The molecule has 0 radical (unpaired) electrons. The molecule has 22 heavy (non-hydrogen) atoms. The normalized spacial score (nSPS) is 18.2. The summed E-state index contributed by atoms with van der Waals surface area (Å²) in [5.74, 6) is -0.898. The van der Waals surface area contributed by atoms with E-state index in [9.17, 15) is 17.6 Å². The first-order valence-electron chi connectivity index (χ1n) is 6.98. The van der Waals surface area contributed by atoms with Gasteiger partial charge in [-0.05, 0) is 37.1 Å². The molecule has 1 amide bonds. The molecule has 1 atom stereocenters. The zero-order valence-corrected chi connectivity index (χ0v) is 13.1. The Morgan fingerprint density at radius 1 is 1.41 bits per heavy atom. The maximum atomic E-state index is 12.9. The van der Waals surface area contributed by atoms with Crippen molar-refractivity contribution in [2.24, 2.45) is 0 Å². The topological polar surface area (TPSA) is 75.7 Å². The van der Waals surface area contributed by atoms with E-state index in [4.69, 9.17) is 4.74 Å². The first-order valence-corrected chi connectivity index (χ1v) is 8.82. The first-order chi connectivity index (χ1) is 10.4. The van der Waals surface area contributed by atoms with Crippen molar-refractivity contribution in [3.63, 3.8) is 0 Å². The minimum Gasteiger partial charge on any atom is -0.376 e. The summed E-state index contributed by atoms with van der Waals surface area (Å²) in [4.78, 5) is 12.0. The molecule has 1 heterocycles. The molecule has 2 rings (SSSR count). The molecule has 0 aromatic heterocycles. The number of ether oxygens (including phenoxy) is 1. The van der Waals surface area contributed by atoms with E-state index in [0.717, 1.165) is 35.5 Å². The Balaban J connectivity index is 2.00. The largest absolute Gasteiger partial charge is 0.376 e. The summed E-state index contributed by atoms with van der Waals surface area (Å²) in [5, 5.41) is 2.66. The van der Waals surface area contributed by atoms with Crippen molar-refractivity contribution in [2.45, 2.75) is 18.9 Å². The van der Waals surface area contributed by atoms with Crippen LogP contribution < -0.4 is 9.62 Å². The average Bonchev–Trinajstić information content (AvgIpc) is 2.96. The zero-order chi connectivity index (χ0) is 16.2. The van der Waals surface area contributed by atoms with Gasteiger partial charge in [0, 0.05) is 13.2 Å². The lowest BCUT2D eigenvalue weighted by Crippen LogP contribution is -2.42. The molecule has 122 valence electrons. The standard InChI is InChI=1S/C14H19FN2O4S/c1-22(19,20)17(12-6-4-11(15)5-7-12)10-14(18)16-9-13-3-2-8-21-13/h4-7,13H,2-3,8-10H2,1H3,(H,16,18). The van der Waals surface area contributed by atoms with E-state index in [1.807, 2.05) is 0 Å². The summed E-state index contributed by atoms with van der Waals surface area (Å²) in [6, 6.07) is 4.95. The Kier molecular flexibility index (Phi) is 5.36. The Hall–Kier alpha value is -1.67. The molecule has 8 heteroatoms. The van der Waals surface area contributed by atoms with Crippen molar-refractivity contribution in [2.75, 3.05) is 30.3 Å². The van der Waals surface area contributed by atoms with Gasteiger partial charge in [0.2, 0.25) is 15.9 Å². The second-order valence-corrected chi connectivity index (χ2v) is 7.09. The number of hydrogen-bond acceptors (Lipinski definition) is 4. The number of carbonyl (C=O) groups is 1. The van der Waals surface area contributed by atoms with E-state index in [1.54, 1.807) is 0 Å². The molecule has 0 spiro atoms. The van der Waals surface area contributed by atoms with Crippen LogP contribution in [-0.4, -0.2) is 46.4 Å². The van der Waals surface area contributed by atoms with Gasteiger partial charge in [-0.1, -0.05) is 0 Å². The minimum absolute atomic E-state index is 0.0125. The van der Waals surface area contributed by atoms with Crippen molar-refractivity contribution in [1.29, 1.82) is 0 Å². The van der Waals surface area contributed by atoms with E-state index >= 15 is 0 Å². The molecule has 1 fully saturated rings. The summed E-state index contributed by atoms with van der Waals surface area (Å²) in [7, 11) is -3.64. The fourth-order valence-corrected chi connectivity index (χ4v) is 3.08. The van der Waals surface area contributed by atoms with Gasteiger partial charge >= 0.3 is 0 Å². The summed E-state index contributed by atoms with van der Waals surface area (Å²) >= 11 is 0. The summed E-state index contributed by atoms with van der Waals surface area (Å²) < 4.78 is 42.9. The Morgan fingerprint density at radius 2 is 2.09 bits per heavy atom. The molecule has 0 bridgehead atoms. The lowest BCUT2D eigenvalue weighted by molar-refractivity contribution is -0.120. The third kappa shape index (κ3) is 4.67. The number of halogens is 1. The van der Waals surface area contributed by atoms with Crippen LogP contribution in [0.2, 0.25) is 0 Å². The fourth-order valence-electron chi connectivity index (χ4n) is 2.23. The van der Waals surface area contributed by atoms with Crippen LogP contribution in [0.15, 0.2) is 24.3 Å². The molecule has 6 nitrogen and oxygen atoms in total. The summed E-state index contributed by atoms with van der Waals surface area (Å²) in [6.07, 6.45) is 2.84. The third-order valence-corrected chi connectivity index (χ3v) is 4.49. The number of nitrogens with zero attached hydrogens (tertiary/aromatic N) is 1. The van der Waals surface area contributed by atoms with Gasteiger partial charge in [-0.25, -0.2) is 12.8 Å². The predicted octanol–water partition coefficient (Wildman–Crippen LogP) is 0.887. The molecule has 0 saturated carbocycles. The molecular weight excluding hydrogens is 311 g/mol. The van der Waals surface area contributed by atoms with Crippen LogP contribution in [0.1, 0.15) is 12.8 Å². The van der Waals surface area contributed by atoms with Crippen LogP contribution in [0.4, 0.5) is 10.1 Å². The van der Waals surface area contributed by atoms with Crippen LogP contribution in [0.3, 0.4) is 0 Å². The van der Waals surface area contributed by atoms with E-state index < -0.39 is 21.7 Å². The number of rotatable bonds is 6. The molecule has 1 unspecified atom stereocenters. The fraction of sp³-hybridized carbons (Fsp3) is 0.500. The maximum absolute atomic E-state index is 12.9. The van der Waals surface area contributed by atoms with Crippen LogP contribution in [-0.2, 0) is 19.6 Å². The van der Waals surface area contributed by atoms with Gasteiger partial charge in [0.15, 0.2) is 0 Å². The van der Waals surface area contributed by atoms with Gasteiger partial charge in [-0.3, -0.25) is 9.10 Å². The lowest BCUT2D eigenvalue weighted by Gasteiger charge is -2.22. The number of anilines is 1. The predicted molar refractivity (Wildman–Crippen MR) is 80.6 cm³/mol. The van der Waals surface area contributed by atoms with Gasteiger partial charge in [0.05, 0.1) is 18.0 Å². The van der Waals surface area contributed by atoms with Crippen LogP contribution in [0, 0.1) is 5.82 Å². The molecule has 1 saturated heterocycles. The second kappa shape index (κ2) is 7.06. The minimum atomic E-state index is -3.64. The highest BCUT2D eigenvalue weighted by Gasteiger charge is 2.22. The highest BCUT2D eigenvalue weighted by molar-refractivity contribution is 7.92. The molecule has 0 aliphatic carbocycles. The Morgan fingerprint density at radius 3 is 2.64 bits per heavy atom. The molecule has 1 N–H and O–H groups in total. The van der Waals surface area contributed by atoms with Crippen molar-refractivity contribution < 1.29 is 22.3 Å². The smallest absolute Gasteiger partial charge is 0.240 e. The van der Waals surface area contributed by atoms with Gasteiger partial charge < -0.3 is 10.1 Å². The van der Waals surface area contributed by atoms with Crippen LogP contribution >= 0.6 is 0 Å². The van der Waals surface area contributed by atoms with Gasteiger partial charge in [0.1, 0.15) is 12.4 Å². The van der Waals surface area contributed by atoms with E-state index in [2.05, 4.69) is 5.32 Å². The van der Waals surface area contributed by atoms with Crippen molar-refractivity contribution in [3.05, 3.63) is 30.1 Å². The van der Waals surface area contributed by atoms with Gasteiger partial charge in [-0.15, -0.1) is 0 Å². The number of carbonyl (C=O) groups excluding carboxylic acids is 1. The molecular formula is C14H19FN2O4S. The number of nitrogens with one attached hydrogen (secondary N) is 1. The summed E-state index contributed by atoms with van der Waals surface area (Å²) in [6.45, 7) is 0.697. The van der Waals surface area contributed by atoms with Gasteiger partial charge in [-0.2, -0.15) is 0 Å². The number of hydrogen-bond donors (Lipinski definition) is 1. The lowest BCUT2D eigenvalue weighted by atomic mass is 10.2. The molecule has 1 aromatic carbocycles. The van der Waals surface area contributed by atoms with Crippen molar-refractivity contribution in [3.8, 4) is 0 Å². The van der Waals surface area contributed by atoms with Crippen LogP contribution in [0.25, 0.3) is 0 Å².